The molecule has 0 atom stereocenters. The van der Waals surface area contributed by atoms with Crippen molar-refractivity contribution in [2.24, 2.45) is 0 Å². The average Bonchev–Trinajstić information content (AvgIpc) is 2.23. The Morgan fingerprint density at radius 1 is 1.14 bits per heavy atom. The van der Waals surface area contributed by atoms with Gasteiger partial charge in [-0.05, 0) is 0 Å². The Balaban J connectivity index is 0.000000162. The van der Waals surface area contributed by atoms with E-state index in [4.69, 9.17) is 0 Å². The Bertz CT molecular complexity index is 19.7. The Morgan fingerprint density at radius 3 is 1.71 bits per heavy atom. The monoisotopic (exact) mass is 212 g/mol. The van der Waals surface area contributed by atoms with Crippen molar-refractivity contribution in [1.82, 2.24) is 0 Å². The maximum absolute atomic E-state index is 3.06. The van der Waals surface area contributed by atoms with Crippen LogP contribution in [-0.2, 0) is 16.3 Å². The molecule has 0 aromatic carbocycles. The van der Waals surface area contributed by atoms with Gasteiger partial charge in [0.05, 0.1) is 0 Å². The molecule has 0 aromatic heterocycles. The fraction of sp³-hybridized carbons (Fsp3) is 0.800. The molecule has 0 saturated heterocycles. The summed E-state index contributed by atoms with van der Waals surface area (Å²) in [6, 6.07) is 0. The second-order valence-corrected chi connectivity index (χ2v) is 1.57. The summed E-state index contributed by atoms with van der Waals surface area (Å²) in [7, 11) is 0. The first-order valence-electron chi connectivity index (χ1n) is 2.58. The zero-order valence-electron chi connectivity index (χ0n) is 4.49. The summed E-state index contributed by atoms with van der Waals surface area (Å²) in [5.74, 6) is 0. The first-order chi connectivity index (χ1) is 3.50. The number of hydrogen-bond donors (Lipinski definition) is 0. The van der Waals surface area contributed by atoms with E-state index in [0.29, 0.717) is 0 Å². The zero-order valence-corrected chi connectivity index (χ0v) is 9.04. The molecule has 0 unspecified atom stereocenters. The van der Waals surface area contributed by atoms with Crippen LogP contribution in [0.1, 0.15) is 25.7 Å². The molecule has 0 heterocycles. The predicted octanol–water partition coefficient (Wildman–Crippen LogP) is 2.61. The molecule has 0 radical (unpaired) electrons. The second kappa shape index (κ2) is 7.10. The van der Waals surface area contributed by atoms with Crippen LogP contribution in [-0.4, -0.2) is 0 Å². The van der Waals surface area contributed by atoms with E-state index in [1.54, 1.807) is 0 Å². The molecule has 1 fully saturated rings. The Labute approximate surface area is 62.1 Å². The molecule has 1 aliphatic carbocycles. The number of rotatable bonds is 0. The van der Waals surface area contributed by atoms with Crippen molar-refractivity contribution < 1.29 is 16.3 Å². The van der Waals surface area contributed by atoms with E-state index >= 15 is 0 Å². The van der Waals surface area contributed by atoms with Gasteiger partial charge in [-0.15, -0.1) is 0 Å². The van der Waals surface area contributed by atoms with Crippen LogP contribution in [0.15, 0.2) is 0 Å². The summed E-state index contributed by atoms with van der Waals surface area (Å²) in [5.41, 5.74) is 0. The van der Waals surface area contributed by atoms with Crippen molar-refractivity contribution in [3.63, 3.8) is 0 Å². The summed E-state index contributed by atoms with van der Waals surface area (Å²) >= 11 is 4.25. The van der Waals surface area contributed by atoms with Crippen molar-refractivity contribution in [2.45, 2.75) is 25.7 Å². The van der Waals surface area contributed by atoms with Crippen LogP contribution in [0.25, 0.3) is 0 Å². The van der Waals surface area contributed by atoms with Gasteiger partial charge in [0.15, 0.2) is 0 Å². The van der Waals surface area contributed by atoms with Gasteiger partial charge in [0.25, 0.3) is 0 Å². The molecule has 1 aliphatic rings. The standard InChI is InChI=1S/C5H9.BrH.Zn/c1-2-4-5-3-1;;/h1H,2-5H2;1H;/q-1;;+2/p-1. The van der Waals surface area contributed by atoms with Gasteiger partial charge < -0.3 is 6.42 Å². The van der Waals surface area contributed by atoms with Crippen LogP contribution in [0.5, 0.6) is 0 Å². The van der Waals surface area contributed by atoms with Crippen molar-refractivity contribution in [3.8, 4) is 0 Å². The van der Waals surface area contributed by atoms with Crippen LogP contribution in [0, 0.1) is 6.42 Å². The van der Waals surface area contributed by atoms with E-state index in [9.17, 15) is 0 Å². The van der Waals surface area contributed by atoms with Gasteiger partial charge in [-0.25, -0.2) is 0 Å². The van der Waals surface area contributed by atoms with Crippen molar-refractivity contribution in [3.05, 3.63) is 6.42 Å². The molecule has 1 saturated carbocycles. The fourth-order valence-electron chi connectivity index (χ4n) is 0.722. The van der Waals surface area contributed by atoms with Crippen LogP contribution in [0.3, 0.4) is 0 Å². The van der Waals surface area contributed by atoms with Crippen LogP contribution in [0.4, 0.5) is 0 Å². The molecule has 0 aromatic rings. The molecule has 2 heteroatoms. The molecule has 7 heavy (non-hydrogen) atoms. The molecule has 1 rings (SSSR count). The van der Waals surface area contributed by atoms with Crippen LogP contribution in [0.2, 0.25) is 0 Å². The van der Waals surface area contributed by atoms with E-state index in [2.05, 4.69) is 20.0 Å². The molecule has 0 spiro atoms. The average molecular weight is 214 g/mol. The van der Waals surface area contributed by atoms with E-state index in [0.717, 1.165) is 0 Å². The van der Waals surface area contributed by atoms with E-state index in [1.165, 1.54) is 42.0 Å². The summed E-state index contributed by atoms with van der Waals surface area (Å²) in [6.07, 6.45) is 8.00. The Morgan fingerprint density at radius 2 is 1.57 bits per heavy atom. The van der Waals surface area contributed by atoms with Gasteiger partial charge in [0.1, 0.15) is 0 Å². The number of hydrogen-bond acceptors (Lipinski definition) is 0. The van der Waals surface area contributed by atoms with E-state index < -0.39 is 0 Å². The molecule has 38 valence electrons. The zero-order chi connectivity index (χ0) is 5.54. The Hall–Kier alpha value is 1.10. The Kier molecular flexibility index (Phi) is 8.22. The van der Waals surface area contributed by atoms with Crippen LogP contribution < -0.4 is 0 Å². The summed E-state index contributed by atoms with van der Waals surface area (Å²) in [6.45, 7) is 0. The van der Waals surface area contributed by atoms with Crippen molar-refractivity contribution in [1.29, 1.82) is 0 Å². The predicted molar refractivity (Wildman–Crippen MR) is 31.7 cm³/mol. The van der Waals surface area contributed by atoms with Crippen molar-refractivity contribution >= 4 is 13.6 Å². The first-order valence-corrected chi connectivity index (χ1v) is 9.53. The summed E-state index contributed by atoms with van der Waals surface area (Å²) in [4.78, 5) is 0. The van der Waals surface area contributed by atoms with E-state index in [-0.39, 0.29) is 0 Å². The third-order valence-electron chi connectivity index (χ3n) is 1.07. The van der Waals surface area contributed by atoms with Gasteiger partial charge in [-0.3, -0.25) is 0 Å². The second-order valence-electron chi connectivity index (χ2n) is 1.57. The summed E-state index contributed by atoms with van der Waals surface area (Å²) in [5, 5.41) is 0. The topological polar surface area (TPSA) is 0 Å². The van der Waals surface area contributed by atoms with Gasteiger partial charge >= 0.3 is 30.0 Å². The van der Waals surface area contributed by atoms with Gasteiger partial charge in [0.2, 0.25) is 0 Å². The molecular weight excluding hydrogens is 205 g/mol. The molecular formula is C5H9BrZn. The molecule has 0 nitrogen and oxygen atoms in total. The fourth-order valence-corrected chi connectivity index (χ4v) is 0.722. The van der Waals surface area contributed by atoms with E-state index in [1.807, 2.05) is 0 Å². The quantitative estimate of drug-likeness (QED) is 0.429. The minimum atomic E-state index is 1.19. The SMILES string of the molecule is [CH-]1CCCC1.[Zn+][Br]. The maximum atomic E-state index is 3.06. The van der Waals surface area contributed by atoms with Crippen molar-refractivity contribution in [2.75, 3.05) is 0 Å². The van der Waals surface area contributed by atoms with Gasteiger partial charge in [-0.2, -0.15) is 12.8 Å². The molecule has 0 bridgehead atoms. The first kappa shape index (κ1) is 8.10. The molecule has 0 aliphatic heterocycles. The molecule has 0 N–H and O–H groups in total. The molecule has 0 amide bonds. The summed E-state index contributed by atoms with van der Waals surface area (Å²) < 4.78 is 0. The third-order valence-corrected chi connectivity index (χ3v) is 1.07. The van der Waals surface area contributed by atoms with Gasteiger partial charge in [0, 0.05) is 0 Å². The normalized spacial score (nSPS) is 18.1. The minimum absolute atomic E-state index is 1.19. The number of halogens is 1. The van der Waals surface area contributed by atoms with Gasteiger partial charge in [-0.1, -0.05) is 12.8 Å². The third kappa shape index (κ3) is 4.97. The van der Waals surface area contributed by atoms with Crippen LogP contribution >= 0.6 is 13.6 Å².